The van der Waals surface area contributed by atoms with Crippen molar-refractivity contribution >= 4 is 0 Å². The van der Waals surface area contributed by atoms with Crippen LogP contribution in [0.15, 0.2) is 12.4 Å². The fourth-order valence-electron chi connectivity index (χ4n) is 7.39. The van der Waals surface area contributed by atoms with Crippen LogP contribution in [0.2, 0.25) is 0 Å². The highest BCUT2D eigenvalue weighted by Gasteiger charge is 2.25. The predicted octanol–water partition coefficient (Wildman–Crippen LogP) is 14.9. The van der Waals surface area contributed by atoms with Gasteiger partial charge >= 0.3 is 0 Å². The zero-order chi connectivity index (χ0) is 31.8. The van der Waals surface area contributed by atoms with E-state index in [2.05, 4.69) is 49.6 Å². The highest BCUT2D eigenvalue weighted by atomic mass is 15.1. The van der Waals surface area contributed by atoms with Crippen molar-refractivity contribution < 1.29 is 4.57 Å². The molecule has 0 fully saturated rings. The molecule has 2 atom stereocenters. The number of hydrogen-bond donors (Lipinski definition) is 1. The summed E-state index contributed by atoms with van der Waals surface area (Å²) in [6, 6.07) is 0.612. The van der Waals surface area contributed by atoms with E-state index in [0.29, 0.717) is 12.0 Å². The molecule has 0 spiro atoms. The number of imidazole rings is 1. The minimum atomic E-state index is 0.612. The minimum Gasteiger partial charge on any atom is -0.247 e. The SMILES string of the molecule is CCCCCCCCCCCCCCCCCC(CCCCCCCCCCCCCCCC)c1[nH]cc[n+]1C(C)CCC. The van der Waals surface area contributed by atoms with Crippen LogP contribution in [0.5, 0.6) is 0 Å². The van der Waals surface area contributed by atoms with Gasteiger partial charge in [0.05, 0.1) is 12.0 Å². The summed E-state index contributed by atoms with van der Waals surface area (Å²) >= 11 is 0. The van der Waals surface area contributed by atoms with Crippen molar-refractivity contribution in [2.75, 3.05) is 0 Å². The number of aromatic amines is 1. The van der Waals surface area contributed by atoms with Crippen LogP contribution < -0.4 is 4.57 Å². The Morgan fingerprint density at radius 2 is 0.750 bits per heavy atom. The summed E-state index contributed by atoms with van der Waals surface area (Å²) in [5.74, 6) is 2.23. The van der Waals surface area contributed by atoms with Crippen LogP contribution in [0.4, 0.5) is 0 Å². The number of unbranched alkanes of at least 4 members (excludes halogenated alkanes) is 27. The van der Waals surface area contributed by atoms with E-state index in [1.165, 1.54) is 218 Å². The van der Waals surface area contributed by atoms with Gasteiger partial charge in [-0.1, -0.05) is 213 Å². The molecule has 260 valence electrons. The smallest absolute Gasteiger partial charge is 0.247 e. The molecule has 0 aliphatic carbocycles. The van der Waals surface area contributed by atoms with Gasteiger partial charge < -0.3 is 0 Å². The van der Waals surface area contributed by atoms with Crippen LogP contribution in [0.3, 0.4) is 0 Å². The number of hydrogen-bond acceptors (Lipinski definition) is 0. The molecule has 44 heavy (non-hydrogen) atoms. The first kappa shape index (κ1) is 41.2. The molecule has 0 radical (unpaired) electrons. The first-order valence-corrected chi connectivity index (χ1v) is 20.8. The molecule has 1 rings (SSSR count). The van der Waals surface area contributed by atoms with Gasteiger partial charge in [0.1, 0.15) is 12.4 Å². The standard InChI is InChI=1S/C42H82N2/c1-5-8-10-12-14-16-18-20-22-24-26-28-30-32-34-37-41(42-43-38-39-44(42)40(4)35-7-3)36-33-31-29-27-25-23-21-19-17-15-13-11-9-6-2/h38-41H,5-37H2,1-4H3/p+1. The van der Waals surface area contributed by atoms with Gasteiger partial charge in [0.25, 0.3) is 5.82 Å². The quantitative estimate of drug-likeness (QED) is 0.0579. The van der Waals surface area contributed by atoms with E-state index in [4.69, 9.17) is 0 Å². The van der Waals surface area contributed by atoms with Crippen molar-refractivity contribution in [1.29, 1.82) is 0 Å². The lowest BCUT2D eigenvalue weighted by Crippen LogP contribution is -2.41. The summed E-state index contributed by atoms with van der Waals surface area (Å²) in [7, 11) is 0. The van der Waals surface area contributed by atoms with Crippen LogP contribution in [-0.4, -0.2) is 4.98 Å². The first-order valence-electron chi connectivity index (χ1n) is 20.8. The van der Waals surface area contributed by atoms with Crippen molar-refractivity contribution in [2.24, 2.45) is 0 Å². The van der Waals surface area contributed by atoms with E-state index in [9.17, 15) is 0 Å². The maximum Gasteiger partial charge on any atom is 0.257 e. The summed E-state index contributed by atoms with van der Waals surface area (Å²) < 4.78 is 2.59. The van der Waals surface area contributed by atoms with E-state index in [0.717, 1.165) is 0 Å². The Kier molecular flexibility index (Phi) is 30.1. The molecule has 2 nitrogen and oxygen atoms in total. The summed E-state index contributed by atoms with van der Waals surface area (Å²) in [5.41, 5.74) is 0. The number of rotatable bonds is 35. The largest absolute Gasteiger partial charge is 0.257 e. The Morgan fingerprint density at radius 3 is 1.07 bits per heavy atom. The maximum atomic E-state index is 3.71. The second-order valence-corrected chi connectivity index (χ2v) is 14.7. The van der Waals surface area contributed by atoms with Crippen LogP contribution in [-0.2, 0) is 0 Å². The summed E-state index contributed by atoms with van der Waals surface area (Å²) in [5, 5.41) is 0. The zero-order valence-electron chi connectivity index (χ0n) is 31.1. The monoisotopic (exact) mass is 616 g/mol. The number of nitrogens with one attached hydrogen (secondary N) is 1. The predicted molar refractivity (Wildman–Crippen MR) is 198 cm³/mol. The highest BCUT2D eigenvalue weighted by molar-refractivity contribution is 4.90. The molecule has 0 aromatic carbocycles. The molecule has 1 N–H and O–H groups in total. The fraction of sp³-hybridized carbons (Fsp3) is 0.929. The molecule has 2 heteroatoms. The van der Waals surface area contributed by atoms with Gasteiger partial charge in [-0.15, -0.1) is 0 Å². The fourth-order valence-corrected chi connectivity index (χ4v) is 7.39. The summed E-state index contributed by atoms with van der Waals surface area (Å²) in [6.45, 7) is 9.36. The van der Waals surface area contributed by atoms with Gasteiger partial charge in [0.2, 0.25) is 0 Å². The Balaban J connectivity index is 2.20. The van der Waals surface area contributed by atoms with Gasteiger partial charge in [-0.3, -0.25) is 0 Å². The molecule has 1 heterocycles. The Morgan fingerprint density at radius 1 is 0.432 bits per heavy atom. The van der Waals surface area contributed by atoms with Crippen LogP contribution in [0.25, 0.3) is 0 Å². The average molecular weight is 616 g/mol. The van der Waals surface area contributed by atoms with Crippen molar-refractivity contribution in [3.63, 3.8) is 0 Å². The van der Waals surface area contributed by atoms with Gasteiger partial charge in [0.15, 0.2) is 0 Å². The second kappa shape index (κ2) is 32.2. The third-order valence-corrected chi connectivity index (χ3v) is 10.4. The van der Waals surface area contributed by atoms with E-state index in [-0.39, 0.29) is 0 Å². The molecule has 0 saturated heterocycles. The van der Waals surface area contributed by atoms with Crippen molar-refractivity contribution in [2.45, 2.75) is 252 Å². The molecule has 0 amide bonds. The molecule has 1 aromatic rings. The van der Waals surface area contributed by atoms with Crippen molar-refractivity contribution in [3.8, 4) is 0 Å². The molecule has 0 aliphatic rings. The molecule has 0 bridgehead atoms. The zero-order valence-corrected chi connectivity index (χ0v) is 31.1. The van der Waals surface area contributed by atoms with Gasteiger partial charge in [-0.25, -0.2) is 9.55 Å². The number of aromatic nitrogens is 2. The Bertz CT molecular complexity index is 679. The molecule has 0 saturated carbocycles. The number of H-pyrrole nitrogens is 1. The summed E-state index contributed by atoms with van der Waals surface area (Å²) in [4.78, 5) is 3.71. The molecule has 0 aliphatic heterocycles. The minimum absolute atomic E-state index is 0.612. The molecular weight excluding hydrogens is 532 g/mol. The summed E-state index contributed by atoms with van der Waals surface area (Å²) in [6.07, 6.45) is 51.8. The first-order chi connectivity index (χ1) is 21.7. The third-order valence-electron chi connectivity index (χ3n) is 10.4. The van der Waals surface area contributed by atoms with Gasteiger partial charge in [-0.2, -0.15) is 0 Å². The van der Waals surface area contributed by atoms with E-state index < -0.39 is 0 Å². The lowest BCUT2D eigenvalue weighted by molar-refractivity contribution is -0.727. The topological polar surface area (TPSA) is 19.7 Å². The van der Waals surface area contributed by atoms with Gasteiger partial charge in [-0.05, 0) is 26.2 Å². The normalized spacial score (nSPS) is 13.1. The van der Waals surface area contributed by atoms with Crippen molar-refractivity contribution in [1.82, 2.24) is 4.98 Å². The second-order valence-electron chi connectivity index (χ2n) is 14.7. The maximum absolute atomic E-state index is 3.71. The van der Waals surface area contributed by atoms with E-state index >= 15 is 0 Å². The lowest BCUT2D eigenvalue weighted by Gasteiger charge is -2.17. The lowest BCUT2D eigenvalue weighted by atomic mass is 9.92. The van der Waals surface area contributed by atoms with Crippen LogP contribution in [0, 0.1) is 0 Å². The average Bonchev–Trinajstić information content (AvgIpc) is 3.52. The van der Waals surface area contributed by atoms with Crippen molar-refractivity contribution in [3.05, 3.63) is 18.2 Å². The molecule has 1 aromatic heterocycles. The number of nitrogens with zero attached hydrogens (tertiary/aromatic N) is 1. The Labute approximate surface area is 278 Å². The highest BCUT2D eigenvalue weighted by Crippen LogP contribution is 2.27. The van der Waals surface area contributed by atoms with Gasteiger partial charge in [0, 0.05) is 0 Å². The molecule has 2 unspecified atom stereocenters. The van der Waals surface area contributed by atoms with E-state index in [1.807, 2.05) is 0 Å². The van der Waals surface area contributed by atoms with Crippen LogP contribution >= 0.6 is 0 Å². The Hall–Kier alpha value is -0.790. The van der Waals surface area contributed by atoms with Crippen LogP contribution in [0.1, 0.15) is 257 Å². The van der Waals surface area contributed by atoms with E-state index in [1.54, 1.807) is 0 Å². The third kappa shape index (κ3) is 23.5. The molecular formula is C42H83N2+.